The van der Waals surface area contributed by atoms with Crippen LogP contribution in [-0.4, -0.2) is 67.2 Å². The van der Waals surface area contributed by atoms with Crippen molar-refractivity contribution in [2.75, 3.05) is 39.8 Å². The molecule has 0 unspecified atom stereocenters. The van der Waals surface area contributed by atoms with Gasteiger partial charge in [0.05, 0.1) is 0 Å². The summed E-state index contributed by atoms with van der Waals surface area (Å²) in [6.07, 6.45) is 1.94. The number of ether oxygens (including phenoxy) is 1. The number of rotatable bonds is 5. The number of nitrogens with one attached hydrogen (secondary N) is 1. The lowest BCUT2D eigenvalue weighted by atomic mass is 10.2. The van der Waals surface area contributed by atoms with Crippen molar-refractivity contribution in [2.24, 2.45) is 0 Å². The fourth-order valence-corrected chi connectivity index (χ4v) is 2.02. The van der Waals surface area contributed by atoms with Gasteiger partial charge in [-0.15, -0.1) is 0 Å². The Morgan fingerprint density at radius 3 is 2.40 bits per heavy atom. The van der Waals surface area contributed by atoms with Crippen LogP contribution in [0.4, 0.5) is 4.79 Å². The molecule has 0 radical (unpaired) electrons. The maximum atomic E-state index is 11.9. The number of hydrogen-bond acceptors (Lipinski definition) is 4. The number of likely N-dealkylation sites (tertiary alicyclic amines) is 1. The summed E-state index contributed by atoms with van der Waals surface area (Å²) in [5, 5.41) is 2.48. The number of carbonyl (C=O) groups is 2. The Kier molecular flexibility index (Phi) is 6.26. The number of likely N-dealkylation sites (N-methyl/N-ethyl adjacent to an activating group) is 1. The van der Waals surface area contributed by atoms with Gasteiger partial charge in [-0.1, -0.05) is 0 Å². The predicted molar refractivity (Wildman–Crippen MR) is 77.5 cm³/mol. The molecule has 0 atom stereocenters. The lowest BCUT2D eigenvalue weighted by Crippen LogP contribution is -2.42. The van der Waals surface area contributed by atoms with Crippen molar-refractivity contribution in [3.05, 3.63) is 0 Å². The molecule has 1 aliphatic heterocycles. The molecular formula is C14H27N3O3. The summed E-state index contributed by atoms with van der Waals surface area (Å²) in [7, 11) is 1.76. The van der Waals surface area contributed by atoms with E-state index < -0.39 is 11.7 Å². The van der Waals surface area contributed by atoms with Crippen LogP contribution in [0, 0.1) is 0 Å². The van der Waals surface area contributed by atoms with Crippen molar-refractivity contribution in [1.82, 2.24) is 15.1 Å². The van der Waals surface area contributed by atoms with Crippen molar-refractivity contribution >= 4 is 12.0 Å². The van der Waals surface area contributed by atoms with E-state index in [4.69, 9.17) is 4.74 Å². The minimum absolute atomic E-state index is 0.0224. The molecule has 6 heteroatoms. The molecule has 0 bridgehead atoms. The highest BCUT2D eigenvalue weighted by atomic mass is 16.6. The average Bonchev–Trinajstić information content (AvgIpc) is 2.83. The Bertz CT molecular complexity index is 333. The van der Waals surface area contributed by atoms with E-state index in [0.717, 1.165) is 19.6 Å². The Balaban J connectivity index is 2.18. The third kappa shape index (κ3) is 6.75. The predicted octanol–water partition coefficient (Wildman–Crippen LogP) is 1.07. The zero-order valence-electron chi connectivity index (χ0n) is 13.1. The lowest BCUT2D eigenvalue weighted by molar-refractivity contribution is -0.129. The third-order valence-electron chi connectivity index (χ3n) is 3.16. The molecule has 1 saturated heterocycles. The van der Waals surface area contributed by atoms with Crippen LogP contribution >= 0.6 is 0 Å². The molecule has 1 aliphatic rings. The first-order chi connectivity index (χ1) is 9.28. The Morgan fingerprint density at radius 1 is 1.25 bits per heavy atom. The molecule has 0 aromatic heterocycles. The van der Waals surface area contributed by atoms with E-state index in [-0.39, 0.29) is 12.5 Å². The average molecular weight is 285 g/mol. The van der Waals surface area contributed by atoms with Gasteiger partial charge in [0.25, 0.3) is 0 Å². The van der Waals surface area contributed by atoms with Gasteiger partial charge in [0.15, 0.2) is 0 Å². The second-order valence-electron chi connectivity index (χ2n) is 6.22. The number of alkyl carbamates (subject to hydrolysis) is 1. The van der Waals surface area contributed by atoms with E-state index in [1.54, 1.807) is 32.7 Å². The molecule has 6 nitrogen and oxygen atoms in total. The van der Waals surface area contributed by atoms with Crippen molar-refractivity contribution in [3.8, 4) is 0 Å². The molecule has 0 aliphatic carbocycles. The van der Waals surface area contributed by atoms with Gasteiger partial charge in [-0.2, -0.15) is 0 Å². The van der Waals surface area contributed by atoms with Gasteiger partial charge < -0.3 is 19.9 Å². The van der Waals surface area contributed by atoms with Gasteiger partial charge in [0, 0.05) is 20.1 Å². The molecule has 1 N–H and O–H groups in total. The maximum absolute atomic E-state index is 11.9. The fraction of sp³-hybridized carbons (Fsp3) is 0.857. The summed E-state index contributed by atoms with van der Waals surface area (Å²) in [4.78, 5) is 27.3. The molecule has 1 heterocycles. The van der Waals surface area contributed by atoms with Crippen molar-refractivity contribution in [3.63, 3.8) is 0 Å². The van der Waals surface area contributed by atoms with Crippen LogP contribution in [0.1, 0.15) is 33.6 Å². The summed E-state index contributed by atoms with van der Waals surface area (Å²) < 4.78 is 5.08. The first kappa shape index (κ1) is 16.8. The summed E-state index contributed by atoms with van der Waals surface area (Å²) in [5.74, 6) is -0.102. The van der Waals surface area contributed by atoms with Crippen LogP contribution in [0.2, 0.25) is 0 Å². The van der Waals surface area contributed by atoms with Crippen LogP contribution in [0.25, 0.3) is 0 Å². The molecule has 2 amide bonds. The van der Waals surface area contributed by atoms with Crippen LogP contribution in [0.5, 0.6) is 0 Å². The molecule has 20 heavy (non-hydrogen) atoms. The maximum Gasteiger partial charge on any atom is 0.408 e. The van der Waals surface area contributed by atoms with Crippen molar-refractivity contribution < 1.29 is 14.3 Å². The minimum Gasteiger partial charge on any atom is -0.444 e. The Morgan fingerprint density at radius 2 is 1.85 bits per heavy atom. The summed E-state index contributed by atoms with van der Waals surface area (Å²) in [6, 6.07) is 0. The summed E-state index contributed by atoms with van der Waals surface area (Å²) >= 11 is 0. The third-order valence-corrected chi connectivity index (χ3v) is 3.16. The van der Waals surface area contributed by atoms with Crippen LogP contribution < -0.4 is 5.32 Å². The SMILES string of the molecule is CN(CCN1CCCC1)C(=O)CNC(=O)OC(C)(C)C. The van der Waals surface area contributed by atoms with E-state index >= 15 is 0 Å². The molecule has 1 rings (SSSR count). The van der Waals surface area contributed by atoms with Crippen LogP contribution in [0.3, 0.4) is 0 Å². The second-order valence-corrected chi connectivity index (χ2v) is 6.22. The van der Waals surface area contributed by atoms with Crippen LogP contribution in [-0.2, 0) is 9.53 Å². The standard InChI is InChI=1S/C14H27N3O3/c1-14(2,3)20-13(19)15-11-12(18)16(4)9-10-17-7-5-6-8-17/h5-11H2,1-4H3,(H,15,19). The minimum atomic E-state index is -0.557. The number of amides is 2. The van der Waals surface area contributed by atoms with Gasteiger partial charge >= 0.3 is 6.09 Å². The summed E-state index contributed by atoms with van der Waals surface area (Å²) in [6.45, 7) is 9.18. The number of hydrogen-bond donors (Lipinski definition) is 1. The summed E-state index contributed by atoms with van der Waals surface area (Å²) in [5.41, 5.74) is -0.547. The quantitative estimate of drug-likeness (QED) is 0.820. The van der Waals surface area contributed by atoms with Gasteiger partial charge in [-0.25, -0.2) is 4.79 Å². The van der Waals surface area contributed by atoms with Crippen molar-refractivity contribution in [2.45, 2.75) is 39.2 Å². The molecule has 116 valence electrons. The Labute approximate surface area is 121 Å². The molecule has 0 aromatic rings. The van der Waals surface area contributed by atoms with Gasteiger partial charge in [0.1, 0.15) is 12.1 Å². The normalized spacial score (nSPS) is 16.0. The van der Waals surface area contributed by atoms with E-state index in [9.17, 15) is 9.59 Å². The second kappa shape index (κ2) is 7.47. The zero-order chi connectivity index (χ0) is 15.2. The van der Waals surface area contributed by atoms with E-state index in [2.05, 4.69) is 10.2 Å². The van der Waals surface area contributed by atoms with E-state index in [1.165, 1.54) is 12.8 Å². The van der Waals surface area contributed by atoms with Gasteiger partial charge in [-0.3, -0.25) is 4.79 Å². The molecule has 0 aromatic carbocycles. The molecular weight excluding hydrogens is 258 g/mol. The zero-order valence-corrected chi connectivity index (χ0v) is 13.1. The fourth-order valence-electron chi connectivity index (χ4n) is 2.02. The Hall–Kier alpha value is -1.30. The first-order valence-corrected chi connectivity index (χ1v) is 7.21. The van der Waals surface area contributed by atoms with Gasteiger partial charge in [-0.05, 0) is 46.7 Å². The van der Waals surface area contributed by atoms with E-state index in [1.807, 2.05) is 0 Å². The van der Waals surface area contributed by atoms with Crippen molar-refractivity contribution in [1.29, 1.82) is 0 Å². The topological polar surface area (TPSA) is 61.9 Å². The lowest BCUT2D eigenvalue weighted by Gasteiger charge is -2.22. The highest BCUT2D eigenvalue weighted by molar-refractivity contribution is 5.82. The highest BCUT2D eigenvalue weighted by Gasteiger charge is 2.18. The smallest absolute Gasteiger partial charge is 0.408 e. The number of nitrogens with zero attached hydrogens (tertiary/aromatic N) is 2. The van der Waals surface area contributed by atoms with Gasteiger partial charge in [0.2, 0.25) is 5.91 Å². The molecule has 0 spiro atoms. The van der Waals surface area contributed by atoms with E-state index in [0.29, 0.717) is 6.54 Å². The first-order valence-electron chi connectivity index (χ1n) is 7.21. The molecule has 0 saturated carbocycles. The molecule has 1 fully saturated rings. The highest BCUT2D eigenvalue weighted by Crippen LogP contribution is 2.07. The number of carbonyl (C=O) groups excluding carboxylic acids is 2. The largest absolute Gasteiger partial charge is 0.444 e. The van der Waals surface area contributed by atoms with Crippen LogP contribution in [0.15, 0.2) is 0 Å². The monoisotopic (exact) mass is 285 g/mol.